The lowest BCUT2D eigenvalue weighted by atomic mass is 9.85. The zero-order valence-electron chi connectivity index (χ0n) is 17.9. The highest BCUT2D eigenvalue weighted by atomic mass is 16.5. The number of methoxy groups -OCH3 is 1. The van der Waals surface area contributed by atoms with Crippen LogP contribution in [0.1, 0.15) is 39.6 Å². The monoisotopic (exact) mass is 455 g/mol. The van der Waals surface area contributed by atoms with Gasteiger partial charge in [-0.2, -0.15) is 0 Å². The molecule has 6 rings (SSSR count). The van der Waals surface area contributed by atoms with Crippen molar-refractivity contribution < 1.29 is 28.2 Å². The van der Waals surface area contributed by atoms with Crippen molar-refractivity contribution in [2.45, 2.75) is 12.3 Å². The van der Waals surface area contributed by atoms with Crippen LogP contribution < -0.4 is 19.8 Å². The number of hydrogen-bond donors (Lipinski definition) is 1. The highest BCUT2D eigenvalue weighted by molar-refractivity contribution is 6.15. The smallest absolute Gasteiger partial charge is 0.312 e. The molecule has 34 heavy (non-hydrogen) atoms. The van der Waals surface area contributed by atoms with Crippen molar-refractivity contribution in [3.8, 4) is 17.2 Å². The van der Waals surface area contributed by atoms with Crippen molar-refractivity contribution in [1.29, 1.82) is 0 Å². The molecule has 1 atom stereocenters. The van der Waals surface area contributed by atoms with Gasteiger partial charge in [0.2, 0.25) is 5.78 Å². The summed E-state index contributed by atoms with van der Waals surface area (Å²) in [5, 5.41) is 0.748. The van der Waals surface area contributed by atoms with E-state index in [-0.39, 0.29) is 35.0 Å². The van der Waals surface area contributed by atoms with E-state index in [1.165, 1.54) is 12.3 Å². The molecule has 8 heteroatoms. The molecule has 1 N–H and O–H groups in total. The lowest BCUT2D eigenvalue weighted by Crippen LogP contribution is -2.26. The van der Waals surface area contributed by atoms with Crippen LogP contribution in [0.2, 0.25) is 0 Å². The van der Waals surface area contributed by atoms with Crippen molar-refractivity contribution in [2.75, 3.05) is 7.11 Å². The molecule has 0 aliphatic carbocycles. The number of ketones is 1. The molecule has 2 aliphatic rings. The molecule has 0 amide bonds. The first-order valence-electron chi connectivity index (χ1n) is 10.6. The number of furan rings is 1. The Hall–Kier alpha value is -4.59. The third kappa shape index (κ3) is 3.11. The maximum Gasteiger partial charge on any atom is 0.312 e. The number of benzene rings is 2. The second kappa shape index (κ2) is 7.48. The number of carbonyl (C=O) groups is 2. The van der Waals surface area contributed by atoms with E-state index in [0.717, 1.165) is 5.39 Å². The Bertz CT molecular complexity index is 1580. The SMILES string of the molecule is COc1ccc2[nH]c(=O)c(C3CC(=O)Oc4ccc5c(c43)OC(=Cc3ccco3)C5=O)cc2c1. The van der Waals surface area contributed by atoms with Crippen LogP contribution in [-0.2, 0) is 4.79 Å². The molecule has 0 saturated carbocycles. The summed E-state index contributed by atoms with van der Waals surface area (Å²) in [6, 6.07) is 13.6. The molecule has 168 valence electrons. The van der Waals surface area contributed by atoms with Crippen LogP contribution in [0, 0.1) is 0 Å². The highest BCUT2D eigenvalue weighted by Gasteiger charge is 2.39. The Morgan fingerprint density at radius 3 is 2.74 bits per heavy atom. The predicted molar refractivity (Wildman–Crippen MR) is 121 cm³/mol. The van der Waals surface area contributed by atoms with Crippen LogP contribution in [0.3, 0.4) is 0 Å². The molecule has 2 aromatic carbocycles. The van der Waals surface area contributed by atoms with Crippen molar-refractivity contribution in [2.24, 2.45) is 0 Å². The maximum absolute atomic E-state index is 13.1. The molecule has 8 nitrogen and oxygen atoms in total. The van der Waals surface area contributed by atoms with Gasteiger partial charge in [0.05, 0.1) is 25.4 Å². The number of aromatic nitrogens is 1. The van der Waals surface area contributed by atoms with Gasteiger partial charge >= 0.3 is 5.97 Å². The van der Waals surface area contributed by atoms with Crippen LogP contribution in [0.15, 0.2) is 69.8 Å². The van der Waals surface area contributed by atoms with Gasteiger partial charge in [-0.3, -0.25) is 14.4 Å². The third-order valence-corrected chi connectivity index (χ3v) is 6.05. The molecule has 0 bridgehead atoms. The van der Waals surface area contributed by atoms with E-state index < -0.39 is 11.9 Å². The average Bonchev–Trinajstić information content (AvgIpc) is 3.46. The summed E-state index contributed by atoms with van der Waals surface area (Å²) in [4.78, 5) is 41.4. The minimum atomic E-state index is -0.665. The first-order chi connectivity index (χ1) is 16.5. The average molecular weight is 455 g/mol. The number of rotatable bonds is 3. The highest BCUT2D eigenvalue weighted by Crippen LogP contribution is 2.48. The first-order valence-corrected chi connectivity index (χ1v) is 10.6. The van der Waals surface area contributed by atoms with Crippen molar-refractivity contribution in [1.82, 2.24) is 4.98 Å². The van der Waals surface area contributed by atoms with Gasteiger partial charge in [-0.25, -0.2) is 0 Å². The number of Topliss-reactive ketones (excluding diaryl/α,β-unsaturated/α-hetero) is 1. The molecule has 0 saturated heterocycles. The number of esters is 1. The molecule has 0 radical (unpaired) electrons. The number of carbonyl (C=O) groups excluding carboxylic acids is 2. The maximum atomic E-state index is 13.1. The first kappa shape index (κ1) is 20.0. The van der Waals surface area contributed by atoms with Crippen LogP contribution in [0.25, 0.3) is 17.0 Å². The van der Waals surface area contributed by atoms with E-state index in [2.05, 4.69) is 4.98 Å². The Labute approximate surface area is 192 Å². The summed E-state index contributed by atoms with van der Waals surface area (Å²) >= 11 is 0. The second-order valence-corrected chi connectivity index (χ2v) is 8.05. The lowest BCUT2D eigenvalue weighted by Gasteiger charge is -2.26. The summed E-state index contributed by atoms with van der Waals surface area (Å²) in [6.45, 7) is 0. The van der Waals surface area contributed by atoms with Gasteiger partial charge in [0, 0.05) is 34.0 Å². The fraction of sp³-hybridized carbons (Fsp3) is 0.115. The van der Waals surface area contributed by atoms with Crippen LogP contribution >= 0.6 is 0 Å². The van der Waals surface area contributed by atoms with E-state index >= 15 is 0 Å². The summed E-state index contributed by atoms with van der Waals surface area (Å²) in [7, 11) is 1.56. The fourth-order valence-electron chi connectivity index (χ4n) is 4.46. The largest absolute Gasteiger partial charge is 0.497 e. The zero-order chi connectivity index (χ0) is 23.4. The number of hydrogen-bond acceptors (Lipinski definition) is 7. The standard InChI is InChI=1S/C26H17NO7/c1-31-14-4-6-19-13(9-14)10-18(26(30)27-19)17-12-22(28)33-20-7-5-16-24(29)21(34-25(16)23(17)20)11-15-3-2-8-32-15/h2-11,17H,12H2,1H3,(H,27,30). The summed E-state index contributed by atoms with van der Waals surface area (Å²) in [5.74, 6) is 0.275. The van der Waals surface area contributed by atoms with E-state index in [4.69, 9.17) is 18.6 Å². The fourth-order valence-corrected chi connectivity index (χ4v) is 4.46. The molecule has 2 aliphatic heterocycles. The van der Waals surface area contributed by atoms with Gasteiger partial charge in [-0.15, -0.1) is 0 Å². The minimum absolute atomic E-state index is 0.0726. The lowest BCUT2D eigenvalue weighted by molar-refractivity contribution is -0.135. The Kier molecular flexibility index (Phi) is 4.41. The van der Waals surface area contributed by atoms with E-state index in [1.807, 2.05) is 0 Å². The van der Waals surface area contributed by atoms with Gasteiger partial charge < -0.3 is 23.6 Å². The van der Waals surface area contributed by atoms with Crippen LogP contribution in [-0.4, -0.2) is 23.8 Å². The molecular formula is C26H17NO7. The van der Waals surface area contributed by atoms with E-state index in [0.29, 0.717) is 33.7 Å². The van der Waals surface area contributed by atoms with Gasteiger partial charge in [-0.1, -0.05) is 0 Å². The molecule has 1 unspecified atom stereocenters. The summed E-state index contributed by atoms with van der Waals surface area (Å²) in [5.41, 5.74) is 1.49. The van der Waals surface area contributed by atoms with Gasteiger partial charge in [0.25, 0.3) is 5.56 Å². The van der Waals surface area contributed by atoms with Crippen molar-refractivity contribution in [3.63, 3.8) is 0 Å². The zero-order valence-corrected chi connectivity index (χ0v) is 17.9. The number of nitrogens with one attached hydrogen (secondary N) is 1. The normalized spacial score (nSPS) is 17.9. The Balaban J connectivity index is 1.52. The Morgan fingerprint density at radius 2 is 1.94 bits per heavy atom. The quantitative estimate of drug-likeness (QED) is 0.280. The third-order valence-electron chi connectivity index (χ3n) is 6.05. The van der Waals surface area contributed by atoms with Crippen molar-refractivity contribution >= 4 is 28.7 Å². The Morgan fingerprint density at radius 1 is 1.06 bits per heavy atom. The minimum Gasteiger partial charge on any atom is -0.497 e. The molecule has 0 fully saturated rings. The van der Waals surface area contributed by atoms with Crippen molar-refractivity contribution in [3.05, 3.63) is 93.4 Å². The predicted octanol–water partition coefficient (Wildman–Crippen LogP) is 4.19. The number of H-pyrrole nitrogens is 1. The van der Waals surface area contributed by atoms with E-state index in [9.17, 15) is 14.4 Å². The topological polar surface area (TPSA) is 108 Å². The molecule has 4 aromatic rings. The van der Waals surface area contributed by atoms with Crippen LogP contribution in [0.4, 0.5) is 0 Å². The number of allylic oxidation sites excluding steroid dienone is 1. The van der Waals surface area contributed by atoms with Crippen LogP contribution in [0.5, 0.6) is 17.2 Å². The molecule has 0 spiro atoms. The van der Waals surface area contributed by atoms with Gasteiger partial charge in [0.1, 0.15) is 23.0 Å². The van der Waals surface area contributed by atoms with E-state index in [1.54, 1.807) is 55.6 Å². The number of fused-ring (bicyclic) bond motifs is 4. The molecule has 2 aromatic heterocycles. The number of ether oxygens (including phenoxy) is 3. The molecular weight excluding hydrogens is 438 g/mol. The second-order valence-electron chi connectivity index (χ2n) is 8.05. The number of pyridine rings is 1. The summed E-state index contributed by atoms with van der Waals surface area (Å²) < 4.78 is 22.0. The van der Waals surface area contributed by atoms with Gasteiger partial charge in [-0.05, 0) is 48.5 Å². The molecule has 4 heterocycles. The van der Waals surface area contributed by atoms with Gasteiger partial charge in [0.15, 0.2) is 5.76 Å². The number of aromatic amines is 1. The summed E-state index contributed by atoms with van der Waals surface area (Å²) in [6.07, 6.45) is 2.93.